The van der Waals surface area contributed by atoms with Gasteiger partial charge in [0.2, 0.25) is 0 Å². The van der Waals surface area contributed by atoms with Gasteiger partial charge in [-0.2, -0.15) is 0 Å². The number of aliphatic hydroxyl groups excluding tert-OH is 1. The van der Waals surface area contributed by atoms with Crippen molar-refractivity contribution in [3.05, 3.63) is 65.4 Å². The maximum absolute atomic E-state index is 7.00. The molecule has 0 unspecified atom stereocenters. The quantitative estimate of drug-likeness (QED) is 0.601. The minimum Gasteiger partial charge on any atom is -0.458 e. The number of hydrogen-bond acceptors (Lipinski definition) is 2. The topological polar surface area (TPSA) is 29.5 Å². The van der Waals surface area contributed by atoms with Gasteiger partial charge in [0.25, 0.3) is 0 Å². The van der Waals surface area contributed by atoms with E-state index < -0.39 is 0 Å². The molecule has 3 heteroatoms. The lowest BCUT2D eigenvalue weighted by Gasteiger charge is -2.08. The van der Waals surface area contributed by atoms with Crippen LogP contribution in [0.25, 0.3) is 0 Å². The third-order valence-electron chi connectivity index (χ3n) is 2.33. The van der Waals surface area contributed by atoms with Crippen LogP contribution in [0.1, 0.15) is 25.8 Å². The molecule has 0 fully saturated rings. The summed E-state index contributed by atoms with van der Waals surface area (Å²) in [6.45, 7) is 7.75. The summed E-state index contributed by atoms with van der Waals surface area (Å²) < 4.78 is 5.79. The Labute approximate surface area is 127 Å². The molecule has 0 radical (unpaired) electrons. The van der Waals surface area contributed by atoms with Gasteiger partial charge in [-0.25, -0.2) is 0 Å². The summed E-state index contributed by atoms with van der Waals surface area (Å²) in [5.41, 5.74) is 1.10. The maximum atomic E-state index is 7.00. The van der Waals surface area contributed by atoms with Gasteiger partial charge in [0.15, 0.2) is 0 Å². The Morgan fingerprint density at radius 1 is 1.40 bits per heavy atom. The average Bonchev–Trinajstić information content (AvgIpc) is 2.45. The summed E-state index contributed by atoms with van der Waals surface area (Å²) in [4.78, 5) is 0. The van der Waals surface area contributed by atoms with Crippen LogP contribution >= 0.6 is 11.6 Å². The molecule has 1 rings (SSSR count). The van der Waals surface area contributed by atoms with Gasteiger partial charge in [0, 0.05) is 18.6 Å². The van der Waals surface area contributed by atoms with Crippen LogP contribution in [0.5, 0.6) is 5.75 Å². The minimum atomic E-state index is 0.629. The Morgan fingerprint density at radius 2 is 2.10 bits per heavy atom. The molecule has 0 aliphatic rings. The zero-order chi connectivity index (χ0) is 15.4. The molecule has 1 aromatic rings. The van der Waals surface area contributed by atoms with Crippen LogP contribution in [0.2, 0.25) is 0 Å². The summed E-state index contributed by atoms with van der Waals surface area (Å²) in [6.07, 6.45) is 7.65. The molecule has 0 aliphatic carbocycles. The fourth-order valence-electron chi connectivity index (χ4n) is 1.50. The molecule has 1 aromatic carbocycles. The SMILES string of the molecule is C=C(Cl)Cc1cccc(OC(/C=C\CC)=C/C)c1.CO. The van der Waals surface area contributed by atoms with E-state index in [1.165, 1.54) is 0 Å². The molecular formula is C17H23ClO2. The lowest BCUT2D eigenvalue weighted by molar-refractivity contribution is 0.399. The average molecular weight is 295 g/mol. The Balaban J connectivity index is 0.00000172. The zero-order valence-electron chi connectivity index (χ0n) is 12.4. The zero-order valence-corrected chi connectivity index (χ0v) is 13.2. The smallest absolute Gasteiger partial charge is 0.127 e. The Kier molecular flexibility index (Phi) is 10.5. The summed E-state index contributed by atoms with van der Waals surface area (Å²) in [5.74, 6) is 1.66. The number of halogens is 1. The highest BCUT2D eigenvalue weighted by molar-refractivity contribution is 6.29. The van der Waals surface area contributed by atoms with Crippen molar-refractivity contribution in [2.24, 2.45) is 0 Å². The van der Waals surface area contributed by atoms with Crippen molar-refractivity contribution in [3.8, 4) is 5.75 Å². The highest BCUT2D eigenvalue weighted by atomic mass is 35.5. The van der Waals surface area contributed by atoms with E-state index in [-0.39, 0.29) is 0 Å². The van der Waals surface area contributed by atoms with E-state index in [1.807, 2.05) is 43.3 Å². The predicted molar refractivity (Wildman–Crippen MR) is 87.1 cm³/mol. The van der Waals surface area contributed by atoms with Gasteiger partial charge in [-0.15, -0.1) is 0 Å². The largest absolute Gasteiger partial charge is 0.458 e. The monoisotopic (exact) mass is 294 g/mol. The second-order valence-corrected chi connectivity index (χ2v) is 4.48. The van der Waals surface area contributed by atoms with Crippen molar-refractivity contribution in [1.82, 2.24) is 0 Å². The standard InChI is InChI=1S/C16H19ClO.CH4O/c1-4-6-9-15(5-2)18-16-10-7-8-14(12-16)11-13(3)17;1-2/h5-10,12H,3-4,11H2,1-2H3;2H,1H3/b9-6-,15-5+;. The third-order valence-corrected chi connectivity index (χ3v) is 2.47. The van der Waals surface area contributed by atoms with E-state index >= 15 is 0 Å². The molecule has 0 bridgehead atoms. The Bertz CT molecular complexity index is 462. The lowest BCUT2D eigenvalue weighted by atomic mass is 10.1. The van der Waals surface area contributed by atoms with Crippen LogP contribution in [0.4, 0.5) is 0 Å². The van der Waals surface area contributed by atoms with Crippen LogP contribution < -0.4 is 4.74 Å². The molecule has 0 aromatic heterocycles. The second kappa shape index (κ2) is 11.3. The first-order valence-electron chi connectivity index (χ1n) is 6.53. The number of benzene rings is 1. The molecule has 0 spiro atoms. The van der Waals surface area contributed by atoms with E-state index in [2.05, 4.69) is 19.6 Å². The highest BCUT2D eigenvalue weighted by Crippen LogP contribution is 2.19. The van der Waals surface area contributed by atoms with E-state index in [0.29, 0.717) is 11.5 Å². The molecule has 110 valence electrons. The van der Waals surface area contributed by atoms with Crippen LogP contribution in [0.3, 0.4) is 0 Å². The van der Waals surface area contributed by atoms with Crippen molar-refractivity contribution in [2.75, 3.05) is 7.11 Å². The van der Waals surface area contributed by atoms with Crippen LogP contribution in [0, 0.1) is 0 Å². The fraction of sp³-hybridized carbons (Fsp3) is 0.294. The van der Waals surface area contributed by atoms with Gasteiger partial charge in [-0.3, -0.25) is 0 Å². The Hall–Kier alpha value is -1.51. The van der Waals surface area contributed by atoms with Gasteiger partial charge >= 0.3 is 0 Å². The van der Waals surface area contributed by atoms with Gasteiger partial charge in [0.05, 0.1) is 0 Å². The van der Waals surface area contributed by atoms with Gasteiger partial charge in [0.1, 0.15) is 11.5 Å². The van der Waals surface area contributed by atoms with Crippen LogP contribution in [0.15, 0.2) is 59.9 Å². The summed E-state index contributed by atoms with van der Waals surface area (Å²) >= 11 is 5.81. The molecule has 0 heterocycles. The van der Waals surface area contributed by atoms with Crippen molar-refractivity contribution in [2.45, 2.75) is 26.7 Å². The van der Waals surface area contributed by atoms with Crippen molar-refractivity contribution >= 4 is 11.6 Å². The Morgan fingerprint density at radius 3 is 2.65 bits per heavy atom. The first-order chi connectivity index (χ1) is 9.65. The predicted octanol–water partition coefficient (Wildman–Crippen LogP) is 4.84. The summed E-state index contributed by atoms with van der Waals surface area (Å²) in [7, 11) is 1.00. The minimum absolute atomic E-state index is 0.629. The lowest BCUT2D eigenvalue weighted by Crippen LogP contribution is -1.93. The third kappa shape index (κ3) is 7.82. The molecule has 0 saturated carbocycles. The van der Waals surface area contributed by atoms with Crippen LogP contribution in [-0.4, -0.2) is 12.2 Å². The molecule has 0 amide bonds. The summed E-state index contributed by atoms with van der Waals surface area (Å²) in [6, 6.07) is 7.89. The van der Waals surface area contributed by atoms with Crippen molar-refractivity contribution < 1.29 is 9.84 Å². The number of hydrogen-bond donors (Lipinski definition) is 1. The van der Waals surface area contributed by atoms with E-state index in [9.17, 15) is 0 Å². The first-order valence-corrected chi connectivity index (χ1v) is 6.91. The van der Waals surface area contributed by atoms with E-state index in [4.69, 9.17) is 21.4 Å². The highest BCUT2D eigenvalue weighted by Gasteiger charge is 2.00. The molecular weight excluding hydrogens is 272 g/mol. The van der Waals surface area contributed by atoms with Gasteiger partial charge in [-0.05, 0) is 43.2 Å². The molecule has 0 saturated heterocycles. The number of aliphatic hydroxyl groups is 1. The number of allylic oxidation sites excluding steroid dienone is 4. The molecule has 1 N–H and O–H groups in total. The second-order valence-electron chi connectivity index (χ2n) is 3.95. The molecule has 2 nitrogen and oxygen atoms in total. The normalized spacial score (nSPS) is 10.9. The number of ether oxygens (including phenoxy) is 1. The van der Waals surface area contributed by atoms with Crippen LogP contribution in [-0.2, 0) is 6.42 Å². The van der Waals surface area contributed by atoms with Gasteiger partial charge < -0.3 is 9.84 Å². The molecule has 0 aliphatic heterocycles. The van der Waals surface area contributed by atoms with E-state index in [0.717, 1.165) is 30.6 Å². The van der Waals surface area contributed by atoms with E-state index in [1.54, 1.807) is 0 Å². The van der Waals surface area contributed by atoms with Gasteiger partial charge in [-0.1, -0.05) is 43.3 Å². The first kappa shape index (κ1) is 18.5. The molecule has 0 atom stereocenters. The molecule has 20 heavy (non-hydrogen) atoms. The summed E-state index contributed by atoms with van der Waals surface area (Å²) in [5, 5.41) is 7.63. The number of rotatable bonds is 6. The maximum Gasteiger partial charge on any atom is 0.127 e. The fourth-order valence-corrected chi connectivity index (χ4v) is 1.65. The van der Waals surface area contributed by atoms with Crippen molar-refractivity contribution in [1.29, 1.82) is 0 Å². The van der Waals surface area contributed by atoms with Crippen molar-refractivity contribution in [3.63, 3.8) is 0 Å².